The van der Waals surface area contributed by atoms with Crippen LogP contribution in [0.3, 0.4) is 0 Å². The Hall–Kier alpha value is -1.53. The molecule has 0 amide bonds. The monoisotopic (exact) mass is 833 g/mol. The number of esters is 1. The summed E-state index contributed by atoms with van der Waals surface area (Å²) in [6.07, 6.45) is 15.7. The SMILES string of the molecule is CCCCC/C=C\C/C=C\CCCCCCCCCCOCC(COC1OC(COC2OC(CO)C(O)C(O)C2O)C(O)C(O)C1O)OC(=O)CCCCCCCC. The fourth-order valence-electron chi connectivity index (χ4n) is 6.96. The molecule has 2 aliphatic rings. The van der Waals surface area contributed by atoms with Gasteiger partial charge in [0, 0.05) is 13.0 Å². The predicted octanol–water partition coefficient (Wildman–Crippen LogP) is 4.90. The summed E-state index contributed by atoms with van der Waals surface area (Å²) in [7, 11) is 0. The molecule has 11 atom stereocenters. The molecule has 2 saturated heterocycles. The van der Waals surface area contributed by atoms with Crippen LogP contribution in [-0.4, -0.2) is 142 Å². The fraction of sp³-hybridized carbons (Fsp3) is 0.886. The van der Waals surface area contributed by atoms with Gasteiger partial charge in [-0.2, -0.15) is 0 Å². The average Bonchev–Trinajstić information content (AvgIpc) is 3.22. The minimum Gasteiger partial charge on any atom is -0.457 e. The molecule has 11 unspecified atom stereocenters. The molecule has 0 aliphatic carbocycles. The standard InChI is InChI=1S/C44H80O14/c1-3-5-7-9-11-12-13-14-15-16-17-18-19-20-21-22-24-26-28-53-30-33(56-36(46)27-25-23-10-8-6-4-2)31-54-43-42(52)40(50)38(48)35(58-43)32-55-44-41(51)39(49)37(47)34(29-45)57-44/h11-12,14-15,33-35,37-45,47-52H,3-10,13,16-32H2,1-2H3/b12-11-,15-14-. The van der Waals surface area contributed by atoms with Gasteiger partial charge in [-0.1, -0.05) is 122 Å². The van der Waals surface area contributed by atoms with Crippen LogP contribution >= 0.6 is 0 Å². The highest BCUT2D eigenvalue weighted by Gasteiger charge is 2.47. The van der Waals surface area contributed by atoms with Crippen LogP contribution in [0, 0.1) is 0 Å². The first kappa shape index (κ1) is 52.6. The highest BCUT2D eigenvalue weighted by Crippen LogP contribution is 2.26. The summed E-state index contributed by atoms with van der Waals surface area (Å²) in [6, 6.07) is 0. The van der Waals surface area contributed by atoms with Crippen LogP contribution in [0.25, 0.3) is 0 Å². The number of hydrogen-bond acceptors (Lipinski definition) is 14. The normalized spacial score (nSPS) is 28.4. The van der Waals surface area contributed by atoms with E-state index >= 15 is 0 Å². The van der Waals surface area contributed by atoms with E-state index < -0.39 is 80.7 Å². The van der Waals surface area contributed by atoms with Crippen LogP contribution in [0.1, 0.15) is 149 Å². The lowest BCUT2D eigenvalue weighted by Gasteiger charge is -2.42. The van der Waals surface area contributed by atoms with E-state index in [4.69, 9.17) is 28.4 Å². The van der Waals surface area contributed by atoms with Gasteiger partial charge in [0.05, 0.1) is 26.4 Å². The van der Waals surface area contributed by atoms with Crippen molar-refractivity contribution in [1.29, 1.82) is 0 Å². The first-order valence-electron chi connectivity index (χ1n) is 22.4. The lowest BCUT2D eigenvalue weighted by atomic mass is 9.98. The number of hydrogen-bond donors (Lipinski definition) is 7. The van der Waals surface area contributed by atoms with Crippen molar-refractivity contribution in [2.45, 2.75) is 216 Å². The van der Waals surface area contributed by atoms with Crippen molar-refractivity contribution in [3.63, 3.8) is 0 Å². The largest absolute Gasteiger partial charge is 0.457 e. The average molecular weight is 833 g/mol. The Morgan fingerprint density at radius 1 is 0.569 bits per heavy atom. The van der Waals surface area contributed by atoms with E-state index in [2.05, 4.69) is 38.2 Å². The summed E-state index contributed by atoms with van der Waals surface area (Å²) in [5.74, 6) is -0.389. The molecule has 2 fully saturated rings. The van der Waals surface area contributed by atoms with Gasteiger partial charge in [0.2, 0.25) is 0 Å². The van der Waals surface area contributed by atoms with Crippen molar-refractivity contribution in [3.8, 4) is 0 Å². The van der Waals surface area contributed by atoms with Gasteiger partial charge in [0.15, 0.2) is 12.6 Å². The number of aliphatic hydroxyl groups excluding tert-OH is 7. The van der Waals surface area contributed by atoms with E-state index in [1.54, 1.807) is 0 Å². The van der Waals surface area contributed by atoms with E-state index in [1.165, 1.54) is 64.2 Å². The van der Waals surface area contributed by atoms with Gasteiger partial charge >= 0.3 is 5.97 Å². The van der Waals surface area contributed by atoms with Gasteiger partial charge in [0.1, 0.15) is 54.9 Å². The Balaban J connectivity index is 1.75. The molecule has 0 aromatic heterocycles. The van der Waals surface area contributed by atoms with Crippen molar-refractivity contribution in [1.82, 2.24) is 0 Å². The minimum atomic E-state index is -1.70. The quantitative estimate of drug-likeness (QED) is 0.0261. The van der Waals surface area contributed by atoms with Crippen molar-refractivity contribution in [2.24, 2.45) is 0 Å². The molecule has 0 bridgehead atoms. The second kappa shape index (κ2) is 33.1. The molecule has 14 nitrogen and oxygen atoms in total. The van der Waals surface area contributed by atoms with Crippen LogP contribution in [0.4, 0.5) is 0 Å². The van der Waals surface area contributed by atoms with Gasteiger partial charge < -0.3 is 64.2 Å². The maximum absolute atomic E-state index is 12.8. The molecule has 14 heteroatoms. The summed E-state index contributed by atoms with van der Waals surface area (Å²) < 4.78 is 34.0. The summed E-state index contributed by atoms with van der Waals surface area (Å²) in [6.45, 7) is 3.56. The first-order chi connectivity index (χ1) is 28.1. The number of unbranched alkanes of at least 4 members (excludes halogenated alkanes) is 16. The molecule has 0 spiro atoms. The zero-order valence-corrected chi connectivity index (χ0v) is 35.5. The molecule has 0 aromatic rings. The predicted molar refractivity (Wildman–Crippen MR) is 220 cm³/mol. The Labute approximate surface area is 347 Å². The molecule has 58 heavy (non-hydrogen) atoms. The molecule has 7 N–H and O–H groups in total. The van der Waals surface area contributed by atoms with Crippen LogP contribution in [0.5, 0.6) is 0 Å². The van der Waals surface area contributed by atoms with E-state index in [0.29, 0.717) is 13.0 Å². The lowest BCUT2D eigenvalue weighted by molar-refractivity contribution is -0.332. The maximum atomic E-state index is 12.8. The summed E-state index contributed by atoms with van der Waals surface area (Å²) in [5.41, 5.74) is 0. The van der Waals surface area contributed by atoms with Gasteiger partial charge in [-0.3, -0.25) is 4.79 Å². The van der Waals surface area contributed by atoms with Gasteiger partial charge in [-0.15, -0.1) is 0 Å². The highest BCUT2D eigenvalue weighted by molar-refractivity contribution is 5.69. The zero-order chi connectivity index (χ0) is 42.4. The molecule has 340 valence electrons. The van der Waals surface area contributed by atoms with Crippen molar-refractivity contribution in [2.75, 3.05) is 33.0 Å². The Bertz CT molecular complexity index is 1060. The van der Waals surface area contributed by atoms with Gasteiger partial charge in [0.25, 0.3) is 0 Å². The molecule has 2 rings (SSSR count). The summed E-state index contributed by atoms with van der Waals surface area (Å²) >= 11 is 0. The van der Waals surface area contributed by atoms with E-state index in [0.717, 1.165) is 57.8 Å². The third kappa shape index (κ3) is 21.8. The van der Waals surface area contributed by atoms with Crippen molar-refractivity contribution < 1.29 is 69.0 Å². The number of ether oxygens (including phenoxy) is 6. The van der Waals surface area contributed by atoms with Crippen molar-refractivity contribution >= 4 is 5.97 Å². The molecular formula is C44H80O14. The maximum Gasteiger partial charge on any atom is 0.306 e. The topological polar surface area (TPSA) is 214 Å². The van der Waals surface area contributed by atoms with E-state index in [-0.39, 0.29) is 25.6 Å². The Morgan fingerprint density at radius 3 is 1.69 bits per heavy atom. The van der Waals surface area contributed by atoms with Gasteiger partial charge in [-0.25, -0.2) is 0 Å². The smallest absolute Gasteiger partial charge is 0.306 e. The minimum absolute atomic E-state index is 0.0591. The number of allylic oxidation sites excluding steroid dienone is 4. The molecule has 0 aromatic carbocycles. The van der Waals surface area contributed by atoms with Gasteiger partial charge in [-0.05, 0) is 44.9 Å². The number of rotatable bonds is 34. The van der Waals surface area contributed by atoms with Crippen molar-refractivity contribution in [3.05, 3.63) is 24.3 Å². The van der Waals surface area contributed by atoms with E-state index in [1.807, 2.05) is 0 Å². The number of carbonyl (C=O) groups is 1. The molecular weight excluding hydrogens is 752 g/mol. The molecule has 2 heterocycles. The Kier molecular flexibility index (Phi) is 30.1. The van der Waals surface area contributed by atoms with Crippen LogP contribution in [0.15, 0.2) is 24.3 Å². The fourth-order valence-corrected chi connectivity index (χ4v) is 6.96. The number of aliphatic hydroxyl groups is 7. The second-order valence-electron chi connectivity index (χ2n) is 15.9. The second-order valence-corrected chi connectivity index (χ2v) is 15.9. The first-order valence-corrected chi connectivity index (χ1v) is 22.4. The van der Waals surface area contributed by atoms with Crippen LogP contribution < -0.4 is 0 Å². The van der Waals surface area contributed by atoms with Crippen LogP contribution in [-0.2, 0) is 33.2 Å². The third-order valence-corrected chi connectivity index (χ3v) is 10.7. The lowest BCUT2D eigenvalue weighted by Crippen LogP contribution is -2.61. The highest BCUT2D eigenvalue weighted by atomic mass is 16.7. The van der Waals surface area contributed by atoms with E-state index in [9.17, 15) is 40.5 Å². The molecule has 2 aliphatic heterocycles. The Morgan fingerprint density at radius 2 is 1.07 bits per heavy atom. The molecule has 0 saturated carbocycles. The van der Waals surface area contributed by atoms with Crippen LogP contribution in [0.2, 0.25) is 0 Å². The third-order valence-electron chi connectivity index (χ3n) is 10.7. The summed E-state index contributed by atoms with van der Waals surface area (Å²) in [4.78, 5) is 12.8. The number of carbonyl (C=O) groups excluding carboxylic acids is 1. The molecule has 0 radical (unpaired) electrons. The summed E-state index contributed by atoms with van der Waals surface area (Å²) in [5, 5.41) is 71.7. The zero-order valence-electron chi connectivity index (χ0n) is 35.5.